The topological polar surface area (TPSA) is 140 Å². The Morgan fingerprint density at radius 2 is 1.01 bits per heavy atom. The molecule has 3 amide bonds. The van der Waals surface area contributed by atoms with Crippen LogP contribution in [-0.4, -0.2) is 66.3 Å². The van der Waals surface area contributed by atoms with Crippen molar-refractivity contribution in [3.05, 3.63) is 46.7 Å². The van der Waals surface area contributed by atoms with Crippen molar-refractivity contribution in [2.24, 2.45) is 0 Å². The number of unbranched alkanes of at least 4 members (excludes halogenated alkanes) is 24. The second-order valence-corrected chi connectivity index (χ2v) is 23.3. The molecule has 3 aromatic rings. The summed E-state index contributed by atoms with van der Waals surface area (Å²) in [6.45, 7) is 5.89. The zero-order valence-corrected chi connectivity index (χ0v) is 47.8. The van der Waals surface area contributed by atoms with E-state index in [-0.39, 0.29) is 25.4 Å². The Kier molecular flexibility index (Phi) is 35.3. The number of thiophene rings is 3. The molecule has 0 bridgehead atoms. The second kappa shape index (κ2) is 40.3. The van der Waals surface area contributed by atoms with Gasteiger partial charge in [0, 0.05) is 42.6 Å². The molecule has 0 unspecified atom stereocenters. The minimum atomic E-state index is -1.07. The summed E-state index contributed by atoms with van der Waals surface area (Å²) in [5.74, 6) is -2.31. The SMILES string of the molecule is CCCCCCCCCCCCOC(=O)[C@H](CCC(=O)OCCCCCCCCCCCc1ccc(-c2ccc(-c3cccs3)s2)s1)NC(=O)[C@H](C)NC(=O)[C@H](C)NC(=O)CCCCCCCCCCBr. The molecule has 0 saturated heterocycles. The lowest BCUT2D eigenvalue weighted by Gasteiger charge is -2.22. The van der Waals surface area contributed by atoms with Gasteiger partial charge in [0.25, 0.3) is 0 Å². The number of alkyl halides is 1. The molecule has 3 atom stereocenters. The van der Waals surface area contributed by atoms with Gasteiger partial charge >= 0.3 is 11.9 Å². The van der Waals surface area contributed by atoms with Gasteiger partial charge in [-0.1, -0.05) is 170 Å². The molecule has 0 aliphatic rings. The fourth-order valence-electron chi connectivity index (χ4n) is 8.46. The van der Waals surface area contributed by atoms with E-state index in [2.05, 4.69) is 80.6 Å². The molecule has 0 saturated carbocycles. The summed E-state index contributed by atoms with van der Waals surface area (Å²) in [5, 5.41) is 11.3. The molecular weight excluding hydrogens is 1010 g/mol. The lowest BCUT2D eigenvalue weighted by Crippen LogP contribution is -2.54. The van der Waals surface area contributed by atoms with Gasteiger partial charge in [-0.15, -0.1) is 34.0 Å². The van der Waals surface area contributed by atoms with Crippen LogP contribution in [0.25, 0.3) is 19.5 Å². The molecule has 3 rings (SSSR count). The van der Waals surface area contributed by atoms with Crippen molar-refractivity contribution in [1.29, 1.82) is 0 Å². The van der Waals surface area contributed by atoms with Gasteiger partial charge in [-0.05, 0) is 94.5 Å². The summed E-state index contributed by atoms with van der Waals surface area (Å²) in [6, 6.07) is 10.5. The summed E-state index contributed by atoms with van der Waals surface area (Å²) >= 11 is 9.07. The van der Waals surface area contributed by atoms with Gasteiger partial charge in [0.05, 0.1) is 13.2 Å². The summed E-state index contributed by atoms with van der Waals surface area (Å²) in [6.07, 6.45) is 32.1. The lowest BCUT2D eigenvalue weighted by atomic mass is 10.1. The van der Waals surface area contributed by atoms with Crippen LogP contribution < -0.4 is 16.0 Å². The maximum Gasteiger partial charge on any atom is 0.328 e. The molecule has 0 fully saturated rings. The van der Waals surface area contributed by atoms with E-state index in [1.165, 1.54) is 140 Å². The highest BCUT2D eigenvalue weighted by molar-refractivity contribution is 9.09. The number of amides is 3. The third kappa shape index (κ3) is 29.4. The van der Waals surface area contributed by atoms with Crippen molar-refractivity contribution < 1.29 is 33.4 Å². The van der Waals surface area contributed by atoms with Gasteiger partial charge in [0.1, 0.15) is 18.1 Å². The molecule has 14 heteroatoms. The van der Waals surface area contributed by atoms with E-state index in [0.717, 1.165) is 76.0 Å². The van der Waals surface area contributed by atoms with Gasteiger partial charge in [0.15, 0.2) is 0 Å². The highest BCUT2D eigenvalue weighted by atomic mass is 79.9. The molecule has 71 heavy (non-hydrogen) atoms. The summed E-state index contributed by atoms with van der Waals surface area (Å²) in [4.78, 5) is 71.8. The number of hydrogen-bond acceptors (Lipinski definition) is 10. The Hall–Kier alpha value is -3.07. The average Bonchev–Trinajstić information content (AvgIpc) is 4.18. The Morgan fingerprint density at radius 1 is 0.521 bits per heavy atom. The van der Waals surface area contributed by atoms with Gasteiger partial charge in [-0.25, -0.2) is 4.79 Å². The number of halogens is 1. The first-order chi connectivity index (χ1) is 34.6. The molecule has 0 radical (unpaired) electrons. The standard InChI is InChI=1S/C57H90BrN3O7S3/c1-4-5-6-7-8-9-14-20-25-30-43-68-57(66)48(61-56(65)46(3)60-55(64)45(2)59-53(62)34-27-22-17-12-13-18-23-28-41-58)36-40-54(63)67-42-29-24-19-15-10-11-16-21-26-32-47-35-37-51(70-47)52-39-38-50(71-52)49-33-31-44-69-49/h31,33,35,37-39,44-46,48H,4-30,32,34,36,40-43H2,1-3H3,(H,59,62)(H,60,64)(H,61,65)/t45-,46-,48-/m0/s1. The summed E-state index contributed by atoms with van der Waals surface area (Å²) in [5.41, 5.74) is 0. The first-order valence-corrected chi connectivity index (χ1v) is 31.3. The molecule has 0 aromatic carbocycles. The third-order valence-electron chi connectivity index (χ3n) is 12.9. The quantitative estimate of drug-likeness (QED) is 0.0291. The van der Waals surface area contributed by atoms with Gasteiger partial charge in [-0.2, -0.15) is 0 Å². The van der Waals surface area contributed by atoms with Gasteiger partial charge in [0.2, 0.25) is 17.7 Å². The largest absolute Gasteiger partial charge is 0.466 e. The number of rotatable bonds is 44. The lowest BCUT2D eigenvalue weighted by molar-refractivity contribution is -0.149. The fraction of sp³-hybridized carbons (Fsp3) is 0.702. The maximum absolute atomic E-state index is 13.3. The molecule has 0 aliphatic heterocycles. The van der Waals surface area contributed by atoms with Crippen molar-refractivity contribution in [2.75, 3.05) is 18.5 Å². The first kappa shape index (κ1) is 62.2. The fourth-order valence-corrected chi connectivity index (χ4v) is 11.8. The maximum atomic E-state index is 13.3. The van der Waals surface area contributed by atoms with Crippen LogP contribution in [0.5, 0.6) is 0 Å². The van der Waals surface area contributed by atoms with Crippen LogP contribution in [0.3, 0.4) is 0 Å². The zero-order valence-electron chi connectivity index (χ0n) is 43.8. The van der Waals surface area contributed by atoms with Crippen molar-refractivity contribution >= 4 is 79.6 Å². The number of ether oxygens (including phenoxy) is 2. The Bertz CT molecular complexity index is 1870. The number of esters is 2. The number of carbonyl (C=O) groups excluding carboxylic acids is 5. The Balaban J connectivity index is 1.29. The van der Waals surface area contributed by atoms with Crippen molar-refractivity contribution in [3.8, 4) is 19.5 Å². The zero-order chi connectivity index (χ0) is 51.2. The van der Waals surface area contributed by atoms with Crippen LogP contribution >= 0.6 is 49.9 Å². The predicted octanol–water partition coefficient (Wildman–Crippen LogP) is 15.4. The number of aryl methyl sites for hydroxylation is 1. The Morgan fingerprint density at radius 3 is 1.61 bits per heavy atom. The highest BCUT2D eigenvalue weighted by Gasteiger charge is 2.28. The molecule has 3 N–H and O–H groups in total. The molecule has 3 heterocycles. The van der Waals surface area contributed by atoms with Crippen LogP contribution in [0.4, 0.5) is 0 Å². The minimum Gasteiger partial charge on any atom is -0.466 e. The van der Waals surface area contributed by atoms with Gasteiger partial charge in [-0.3, -0.25) is 19.2 Å². The van der Waals surface area contributed by atoms with Crippen LogP contribution in [0.2, 0.25) is 0 Å². The van der Waals surface area contributed by atoms with Crippen LogP contribution in [0.1, 0.15) is 218 Å². The van der Waals surface area contributed by atoms with E-state index in [0.29, 0.717) is 13.0 Å². The third-order valence-corrected chi connectivity index (χ3v) is 16.9. The van der Waals surface area contributed by atoms with Crippen LogP contribution in [-0.2, 0) is 39.9 Å². The van der Waals surface area contributed by atoms with Crippen molar-refractivity contribution in [1.82, 2.24) is 16.0 Å². The van der Waals surface area contributed by atoms with E-state index >= 15 is 0 Å². The number of hydrogen-bond donors (Lipinski definition) is 3. The smallest absolute Gasteiger partial charge is 0.328 e. The van der Waals surface area contributed by atoms with E-state index < -0.39 is 41.9 Å². The molecule has 3 aromatic heterocycles. The van der Waals surface area contributed by atoms with Crippen molar-refractivity contribution in [2.45, 2.75) is 238 Å². The molecule has 10 nitrogen and oxygen atoms in total. The number of carbonyl (C=O) groups is 5. The molecule has 0 spiro atoms. The molecular formula is C57H90BrN3O7S3. The second-order valence-electron chi connectivity index (χ2n) is 19.3. The molecule has 0 aliphatic carbocycles. The Labute approximate surface area is 448 Å². The van der Waals surface area contributed by atoms with Crippen LogP contribution in [0, 0.1) is 0 Å². The average molecular weight is 1110 g/mol. The summed E-state index contributed by atoms with van der Waals surface area (Å²) in [7, 11) is 0. The normalized spacial score (nSPS) is 12.6. The van der Waals surface area contributed by atoms with E-state index in [1.54, 1.807) is 18.3 Å². The highest BCUT2D eigenvalue weighted by Crippen LogP contribution is 2.39. The van der Waals surface area contributed by atoms with E-state index in [4.69, 9.17) is 9.47 Å². The predicted molar refractivity (Wildman–Crippen MR) is 302 cm³/mol. The molecule has 400 valence electrons. The summed E-state index contributed by atoms with van der Waals surface area (Å²) < 4.78 is 11.1. The first-order valence-electron chi connectivity index (χ1n) is 27.6. The van der Waals surface area contributed by atoms with Crippen LogP contribution in [0.15, 0.2) is 41.8 Å². The van der Waals surface area contributed by atoms with Crippen molar-refractivity contribution in [3.63, 3.8) is 0 Å². The van der Waals surface area contributed by atoms with Gasteiger partial charge < -0.3 is 25.4 Å². The minimum absolute atomic E-state index is 0.0201. The van der Waals surface area contributed by atoms with E-state index in [1.807, 2.05) is 22.7 Å². The number of nitrogens with one attached hydrogen (secondary N) is 3. The monoisotopic (exact) mass is 1100 g/mol. The van der Waals surface area contributed by atoms with E-state index in [9.17, 15) is 24.0 Å².